The van der Waals surface area contributed by atoms with Crippen molar-refractivity contribution in [2.24, 2.45) is 5.73 Å². The molecule has 12 heteroatoms. The number of carbonyl (C=O) groups is 3. The smallest absolute Gasteiger partial charge is 0.408 e. The van der Waals surface area contributed by atoms with Gasteiger partial charge in [0.1, 0.15) is 16.4 Å². The van der Waals surface area contributed by atoms with Gasteiger partial charge < -0.3 is 31.7 Å². The predicted octanol–water partition coefficient (Wildman–Crippen LogP) is 5.45. The Morgan fingerprint density at radius 1 is 0.894 bits per heavy atom. The number of hydrogen-bond acceptors (Lipinski definition) is 9. The first-order chi connectivity index (χ1) is 22.2. The summed E-state index contributed by atoms with van der Waals surface area (Å²) >= 11 is 1.35. The molecule has 0 aliphatic heterocycles. The van der Waals surface area contributed by atoms with Crippen molar-refractivity contribution < 1.29 is 19.1 Å². The molecule has 1 heterocycles. The maximum Gasteiger partial charge on any atom is 0.408 e. The molecule has 3 rings (SSSR count). The van der Waals surface area contributed by atoms with Crippen LogP contribution in [0.15, 0.2) is 78.3 Å². The van der Waals surface area contributed by atoms with Crippen molar-refractivity contribution in [3.05, 3.63) is 100.0 Å². The second-order valence-corrected chi connectivity index (χ2v) is 13.7. The SMILES string of the molecule is CN/C(=C\C=C(/N)CCCCc1nnc(NC(=O)Cc2cccc(C(C)(C)NC(=O)OC(C)(C)C)c2)s1)NC(=O)Cc1ccccc1. The summed E-state index contributed by atoms with van der Waals surface area (Å²) in [6.07, 6.45) is 6.60. The predicted molar refractivity (Wildman–Crippen MR) is 186 cm³/mol. The third kappa shape index (κ3) is 13.7. The number of rotatable bonds is 15. The van der Waals surface area contributed by atoms with E-state index in [-0.39, 0.29) is 18.2 Å². The highest BCUT2D eigenvalue weighted by Crippen LogP contribution is 2.23. The second kappa shape index (κ2) is 17.3. The summed E-state index contributed by atoms with van der Waals surface area (Å²) in [6.45, 7) is 9.21. The number of nitrogens with two attached hydrogens (primary N) is 1. The molecule has 3 aromatic rings. The van der Waals surface area contributed by atoms with Crippen molar-refractivity contribution >= 4 is 34.4 Å². The molecule has 0 radical (unpaired) electrons. The van der Waals surface area contributed by atoms with Gasteiger partial charge in [0.15, 0.2) is 0 Å². The Hall–Kier alpha value is -4.71. The lowest BCUT2D eigenvalue weighted by atomic mass is 9.92. The minimum absolute atomic E-state index is 0.112. The van der Waals surface area contributed by atoms with Crippen LogP contribution in [-0.2, 0) is 39.1 Å². The fourth-order valence-corrected chi connectivity index (χ4v) is 5.29. The summed E-state index contributed by atoms with van der Waals surface area (Å²) in [5.74, 6) is 0.259. The van der Waals surface area contributed by atoms with Crippen LogP contribution in [0, 0.1) is 0 Å². The fraction of sp³-hybridized carbons (Fsp3) is 0.400. The van der Waals surface area contributed by atoms with Gasteiger partial charge in [-0.05, 0) is 82.7 Å². The lowest BCUT2D eigenvalue weighted by molar-refractivity contribution is -0.120. The highest BCUT2D eigenvalue weighted by Gasteiger charge is 2.26. The molecule has 47 heavy (non-hydrogen) atoms. The number of allylic oxidation sites excluding steroid dienone is 3. The van der Waals surface area contributed by atoms with Gasteiger partial charge in [0, 0.05) is 19.2 Å². The number of anilines is 1. The number of alkyl carbamates (subject to hydrolysis) is 1. The molecular weight excluding hydrogens is 614 g/mol. The van der Waals surface area contributed by atoms with Crippen LogP contribution in [0.2, 0.25) is 0 Å². The first-order valence-electron chi connectivity index (χ1n) is 15.6. The molecule has 0 saturated carbocycles. The maximum atomic E-state index is 12.8. The van der Waals surface area contributed by atoms with Gasteiger partial charge in [-0.3, -0.25) is 9.59 Å². The van der Waals surface area contributed by atoms with Crippen LogP contribution in [0.25, 0.3) is 0 Å². The van der Waals surface area contributed by atoms with E-state index in [9.17, 15) is 14.4 Å². The van der Waals surface area contributed by atoms with Crippen molar-refractivity contribution in [3.63, 3.8) is 0 Å². The van der Waals surface area contributed by atoms with Gasteiger partial charge in [-0.25, -0.2) is 4.79 Å². The Kier molecular flexibility index (Phi) is 13.5. The fourth-order valence-electron chi connectivity index (χ4n) is 4.50. The summed E-state index contributed by atoms with van der Waals surface area (Å²) in [6, 6.07) is 17.1. The molecule has 0 bridgehead atoms. The van der Waals surface area contributed by atoms with Gasteiger partial charge in [-0.15, -0.1) is 10.2 Å². The van der Waals surface area contributed by atoms with E-state index in [1.54, 1.807) is 19.2 Å². The topological polar surface area (TPSA) is 160 Å². The number of nitrogens with zero attached hydrogens (tertiary/aromatic N) is 2. The standard InChI is InChI=1S/C35H47N7O4S/c1-34(2,3)46-33(45)40-35(4,5)26-16-12-15-25(21-26)23-30(44)39-32-42-41-31(47-32)18-11-10-17-27(36)19-20-28(37-6)38-29(43)22-24-13-8-7-9-14-24/h7-9,12-16,19-21,37H,10-11,17-18,22-23,36H2,1-6H3,(H,38,43)(H,40,45)(H,39,42,44)/b27-19-,28-20+. The van der Waals surface area contributed by atoms with Gasteiger partial charge in [-0.2, -0.15) is 0 Å². The van der Waals surface area contributed by atoms with Crippen LogP contribution in [-0.4, -0.2) is 40.8 Å². The summed E-state index contributed by atoms with van der Waals surface area (Å²) < 4.78 is 5.40. The Morgan fingerprint density at radius 2 is 1.60 bits per heavy atom. The van der Waals surface area contributed by atoms with E-state index in [1.807, 2.05) is 89.2 Å². The van der Waals surface area contributed by atoms with Crippen molar-refractivity contribution in [1.82, 2.24) is 26.1 Å². The van der Waals surface area contributed by atoms with E-state index in [1.165, 1.54) is 11.3 Å². The molecule has 0 fully saturated rings. The molecule has 1 aromatic heterocycles. The molecule has 6 N–H and O–H groups in total. The summed E-state index contributed by atoms with van der Waals surface area (Å²) in [7, 11) is 1.74. The van der Waals surface area contributed by atoms with Gasteiger partial charge in [-0.1, -0.05) is 65.9 Å². The highest BCUT2D eigenvalue weighted by molar-refractivity contribution is 7.15. The molecule has 2 aromatic carbocycles. The molecular formula is C35H47N7O4S. The van der Waals surface area contributed by atoms with Crippen molar-refractivity contribution in [3.8, 4) is 0 Å². The largest absolute Gasteiger partial charge is 0.444 e. The average molecular weight is 662 g/mol. The second-order valence-electron chi connectivity index (χ2n) is 12.7. The molecule has 0 aliphatic carbocycles. The number of carbonyl (C=O) groups excluding carboxylic acids is 3. The van der Waals surface area contributed by atoms with E-state index < -0.39 is 17.2 Å². The van der Waals surface area contributed by atoms with Crippen molar-refractivity contribution in [1.29, 1.82) is 0 Å². The summed E-state index contributed by atoms with van der Waals surface area (Å²) in [5, 5.41) is 21.2. The Labute approximate surface area is 281 Å². The molecule has 0 aliphatic rings. The van der Waals surface area contributed by atoms with Crippen molar-refractivity contribution in [2.45, 2.75) is 84.3 Å². The minimum Gasteiger partial charge on any atom is -0.444 e. The van der Waals surface area contributed by atoms with Gasteiger partial charge in [0.05, 0.1) is 18.4 Å². The molecule has 0 atom stereocenters. The van der Waals surface area contributed by atoms with Gasteiger partial charge in [0.25, 0.3) is 0 Å². The minimum atomic E-state index is -0.698. The quantitative estimate of drug-likeness (QED) is 0.106. The van der Waals surface area contributed by atoms with E-state index in [4.69, 9.17) is 10.5 Å². The van der Waals surface area contributed by atoms with E-state index in [2.05, 4.69) is 31.5 Å². The Morgan fingerprint density at radius 3 is 2.30 bits per heavy atom. The summed E-state index contributed by atoms with van der Waals surface area (Å²) in [5.41, 5.74) is 8.19. The number of aryl methyl sites for hydroxylation is 1. The van der Waals surface area contributed by atoms with Crippen LogP contribution >= 0.6 is 11.3 Å². The Bertz CT molecular complexity index is 1560. The zero-order chi connectivity index (χ0) is 34.5. The zero-order valence-electron chi connectivity index (χ0n) is 28.1. The number of benzene rings is 2. The van der Waals surface area contributed by atoms with Gasteiger partial charge >= 0.3 is 6.09 Å². The number of aromatic nitrogens is 2. The lowest BCUT2D eigenvalue weighted by Crippen LogP contribution is -2.43. The molecule has 11 nitrogen and oxygen atoms in total. The normalized spacial score (nSPS) is 12.3. The maximum absolute atomic E-state index is 12.8. The van der Waals surface area contributed by atoms with Crippen LogP contribution < -0.4 is 27.0 Å². The number of amides is 3. The first kappa shape index (κ1) is 36.8. The van der Waals surface area contributed by atoms with Crippen molar-refractivity contribution in [2.75, 3.05) is 12.4 Å². The third-order valence-electron chi connectivity index (χ3n) is 6.86. The van der Waals surface area contributed by atoms with Crippen LogP contribution in [0.1, 0.15) is 75.6 Å². The van der Waals surface area contributed by atoms with Gasteiger partial charge in [0.2, 0.25) is 16.9 Å². The average Bonchev–Trinajstić information content (AvgIpc) is 3.43. The summed E-state index contributed by atoms with van der Waals surface area (Å²) in [4.78, 5) is 37.4. The molecule has 3 amide bonds. The number of hydrogen-bond donors (Lipinski definition) is 5. The van der Waals surface area contributed by atoms with E-state index in [0.717, 1.165) is 41.0 Å². The van der Waals surface area contributed by atoms with Crippen LogP contribution in [0.5, 0.6) is 0 Å². The Balaban J connectivity index is 1.42. The van der Waals surface area contributed by atoms with E-state index >= 15 is 0 Å². The monoisotopic (exact) mass is 661 g/mol. The lowest BCUT2D eigenvalue weighted by Gasteiger charge is -2.29. The molecule has 0 unspecified atom stereocenters. The number of nitrogens with one attached hydrogen (secondary N) is 4. The first-order valence-corrected chi connectivity index (χ1v) is 16.4. The zero-order valence-corrected chi connectivity index (χ0v) is 28.9. The van der Waals surface area contributed by atoms with Crippen LogP contribution in [0.3, 0.4) is 0 Å². The number of unbranched alkanes of at least 4 members (excludes halogenated alkanes) is 1. The highest BCUT2D eigenvalue weighted by atomic mass is 32.1. The number of ether oxygens (including phenoxy) is 1. The van der Waals surface area contributed by atoms with Crippen LogP contribution in [0.4, 0.5) is 9.93 Å². The van der Waals surface area contributed by atoms with E-state index in [0.29, 0.717) is 29.5 Å². The third-order valence-corrected chi connectivity index (χ3v) is 7.76. The molecule has 252 valence electrons. The molecule has 0 saturated heterocycles. The molecule has 0 spiro atoms.